The van der Waals surface area contributed by atoms with Gasteiger partial charge in [-0.2, -0.15) is 0 Å². The van der Waals surface area contributed by atoms with Crippen molar-refractivity contribution in [1.29, 1.82) is 0 Å². The molecule has 4 nitrogen and oxygen atoms in total. The Hall–Kier alpha value is -1.13. The largest absolute Gasteiger partial charge is 0.356 e. The van der Waals surface area contributed by atoms with Gasteiger partial charge in [-0.05, 0) is 50.4 Å². The smallest absolute Gasteiger partial charge is 0.226 e. The van der Waals surface area contributed by atoms with Crippen molar-refractivity contribution in [3.8, 4) is 0 Å². The Balaban J connectivity index is 1.64. The number of carbonyl (C=O) groups is 1. The molecule has 2 aliphatic rings. The second-order valence-electron chi connectivity index (χ2n) is 5.93. The topological polar surface area (TPSA) is 45.2 Å². The molecule has 20 heavy (non-hydrogen) atoms. The molecule has 0 unspecified atom stereocenters. The van der Waals surface area contributed by atoms with E-state index in [-0.39, 0.29) is 11.3 Å². The molecule has 0 aliphatic carbocycles. The molecular formula is C15H20ClN3O. The van der Waals surface area contributed by atoms with Crippen LogP contribution in [0.3, 0.4) is 0 Å². The van der Waals surface area contributed by atoms with Gasteiger partial charge in [0.2, 0.25) is 5.91 Å². The predicted octanol–water partition coefficient (Wildman–Crippen LogP) is 2.23. The molecule has 5 heteroatoms. The molecule has 1 aromatic rings. The van der Waals surface area contributed by atoms with Crippen LogP contribution in [0.1, 0.15) is 31.2 Å². The number of likely N-dealkylation sites (tertiary alicyclic amines) is 1. The van der Waals surface area contributed by atoms with Gasteiger partial charge in [0.1, 0.15) is 0 Å². The summed E-state index contributed by atoms with van der Waals surface area (Å²) in [6.45, 7) is 3.73. The average Bonchev–Trinajstić information content (AvgIpc) is 2.65. The van der Waals surface area contributed by atoms with Gasteiger partial charge < -0.3 is 5.32 Å². The van der Waals surface area contributed by atoms with Crippen LogP contribution >= 0.6 is 11.6 Å². The molecule has 0 aromatic carbocycles. The zero-order valence-corrected chi connectivity index (χ0v) is 12.3. The van der Waals surface area contributed by atoms with Crippen molar-refractivity contribution in [3.63, 3.8) is 0 Å². The summed E-state index contributed by atoms with van der Waals surface area (Å²) in [5.41, 5.74) is 1.05. The van der Waals surface area contributed by atoms with E-state index in [0.29, 0.717) is 5.02 Å². The molecule has 1 atom stereocenters. The minimum Gasteiger partial charge on any atom is -0.356 e. The van der Waals surface area contributed by atoms with Crippen LogP contribution in [-0.2, 0) is 11.3 Å². The van der Waals surface area contributed by atoms with Crippen molar-refractivity contribution >= 4 is 17.5 Å². The van der Waals surface area contributed by atoms with Crippen molar-refractivity contribution in [2.75, 3.05) is 19.6 Å². The molecule has 0 saturated carbocycles. The molecule has 0 bridgehead atoms. The molecule has 1 spiro atoms. The van der Waals surface area contributed by atoms with Gasteiger partial charge in [-0.3, -0.25) is 14.7 Å². The van der Waals surface area contributed by atoms with Gasteiger partial charge in [0.25, 0.3) is 0 Å². The first-order chi connectivity index (χ1) is 9.68. The molecule has 1 N–H and O–H groups in total. The summed E-state index contributed by atoms with van der Waals surface area (Å²) in [4.78, 5) is 18.6. The Kier molecular flexibility index (Phi) is 3.94. The first-order valence-electron chi connectivity index (χ1n) is 7.28. The summed E-state index contributed by atoms with van der Waals surface area (Å²) in [7, 11) is 0. The van der Waals surface area contributed by atoms with E-state index < -0.39 is 0 Å². The van der Waals surface area contributed by atoms with Gasteiger partial charge in [0.05, 0.1) is 10.4 Å². The predicted molar refractivity (Wildman–Crippen MR) is 78.4 cm³/mol. The second kappa shape index (κ2) is 5.70. The standard InChI is InChI=1S/C15H20ClN3O/c16-13-8-12(9-17-10-13)11-19-6-1-2-15(4-7-19)3-5-18-14(15)20/h8-10H,1-7,11H2,(H,18,20)/t15-/m0/s1. The minimum atomic E-state index is -0.0959. The average molecular weight is 294 g/mol. The van der Waals surface area contributed by atoms with E-state index >= 15 is 0 Å². The number of nitrogens with one attached hydrogen (secondary N) is 1. The highest BCUT2D eigenvalue weighted by Gasteiger charge is 2.42. The highest BCUT2D eigenvalue weighted by molar-refractivity contribution is 6.30. The highest BCUT2D eigenvalue weighted by atomic mass is 35.5. The van der Waals surface area contributed by atoms with E-state index in [1.807, 2.05) is 12.3 Å². The lowest BCUT2D eigenvalue weighted by Gasteiger charge is -2.24. The number of nitrogens with zero attached hydrogens (tertiary/aromatic N) is 2. The second-order valence-corrected chi connectivity index (χ2v) is 6.36. The lowest BCUT2D eigenvalue weighted by atomic mass is 9.79. The number of hydrogen-bond acceptors (Lipinski definition) is 3. The van der Waals surface area contributed by atoms with E-state index in [1.165, 1.54) is 0 Å². The molecule has 1 amide bonds. The monoisotopic (exact) mass is 293 g/mol. The third-order valence-corrected chi connectivity index (χ3v) is 4.78. The zero-order valence-electron chi connectivity index (χ0n) is 11.6. The lowest BCUT2D eigenvalue weighted by Crippen LogP contribution is -2.32. The first-order valence-corrected chi connectivity index (χ1v) is 7.66. The number of aromatic nitrogens is 1. The Bertz CT molecular complexity index is 508. The van der Waals surface area contributed by atoms with Crippen LogP contribution in [0.15, 0.2) is 18.5 Å². The van der Waals surface area contributed by atoms with E-state index in [0.717, 1.165) is 57.4 Å². The molecule has 108 valence electrons. The van der Waals surface area contributed by atoms with Crippen LogP contribution in [0, 0.1) is 5.41 Å². The summed E-state index contributed by atoms with van der Waals surface area (Å²) < 4.78 is 0. The first kappa shape index (κ1) is 13.8. The van der Waals surface area contributed by atoms with Crippen LogP contribution in [0.5, 0.6) is 0 Å². The molecule has 1 aromatic heterocycles. The van der Waals surface area contributed by atoms with E-state index in [2.05, 4.69) is 15.2 Å². The third-order valence-electron chi connectivity index (χ3n) is 4.57. The van der Waals surface area contributed by atoms with E-state index in [9.17, 15) is 4.79 Å². The molecule has 3 heterocycles. The number of amides is 1. The van der Waals surface area contributed by atoms with Gasteiger partial charge in [0.15, 0.2) is 0 Å². The summed E-state index contributed by atoms with van der Waals surface area (Å²) in [6, 6.07) is 1.97. The summed E-state index contributed by atoms with van der Waals surface area (Å²) in [6.07, 6.45) is 7.59. The number of carbonyl (C=O) groups excluding carboxylic acids is 1. The van der Waals surface area contributed by atoms with E-state index in [1.54, 1.807) is 6.20 Å². The Morgan fingerprint density at radius 1 is 1.30 bits per heavy atom. The molecule has 0 radical (unpaired) electrons. The molecule has 2 saturated heterocycles. The molecular weight excluding hydrogens is 274 g/mol. The fourth-order valence-corrected chi connectivity index (χ4v) is 3.60. The normalized spacial score (nSPS) is 27.6. The maximum Gasteiger partial charge on any atom is 0.226 e. The van der Waals surface area contributed by atoms with Crippen LogP contribution < -0.4 is 5.32 Å². The maximum atomic E-state index is 12.1. The lowest BCUT2D eigenvalue weighted by molar-refractivity contribution is -0.128. The van der Waals surface area contributed by atoms with Gasteiger partial charge >= 0.3 is 0 Å². The molecule has 3 rings (SSSR count). The quantitative estimate of drug-likeness (QED) is 0.909. The number of pyridine rings is 1. The summed E-state index contributed by atoms with van der Waals surface area (Å²) in [5.74, 6) is 0.267. The summed E-state index contributed by atoms with van der Waals surface area (Å²) in [5, 5.41) is 3.68. The Morgan fingerprint density at radius 2 is 2.20 bits per heavy atom. The van der Waals surface area contributed by atoms with Crippen molar-refractivity contribution in [3.05, 3.63) is 29.0 Å². The number of hydrogen-bond donors (Lipinski definition) is 1. The number of rotatable bonds is 2. The molecule has 2 aliphatic heterocycles. The third kappa shape index (κ3) is 2.81. The van der Waals surface area contributed by atoms with Crippen molar-refractivity contribution in [2.24, 2.45) is 5.41 Å². The van der Waals surface area contributed by atoms with Gasteiger partial charge in [0, 0.05) is 25.5 Å². The highest BCUT2D eigenvalue weighted by Crippen LogP contribution is 2.38. The zero-order chi connectivity index (χ0) is 14.0. The maximum absolute atomic E-state index is 12.1. The van der Waals surface area contributed by atoms with Crippen molar-refractivity contribution < 1.29 is 4.79 Å². The molecule has 2 fully saturated rings. The fraction of sp³-hybridized carbons (Fsp3) is 0.600. The van der Waals surface area contributed by atoms with Crippen LogP contribution in [0.25, 0.3) is 0 Å². The SMILES string of the molecule is O=C1NCC[C@]12CCCN(Cc1cncc(Cl)c1)CC2. The van der Waals surface area contributed by atoms with E-state index in [4.69, 9.17) is 11.6 Å². The fourth-order valence-electron chi connectivity index (χ4n) is 3.40. The number of halogens is 1. The minimum absolute atomic E-state index is 0.0959. The van der Waals surface area contributed by atoms with Crippen molar-refractivity contribution in [2.45, 2.75) is 32.2 Å². The van der Waals surface area contributed by atoms with Gasteiger partial charge in [-0.25, -0.2) is 0 Å². The summed E-state index contributed by atoms with van der Waals surface area (Å²) >= 11 is 5.98. The van der Waals surface area contributed by atoms with Gasteiger partial charge in [-0.1, -0.05) is 11.6 Å². The van der Waals surface area contributed by atoms with Crippen LogP contribution in [-0.4, -0.2) is 35.4 Å². The van der Waals surface area contributed by atoms with Gasteiger partial charge in [-0.15, -0.1) is 0 Å². The Labute approximate surface area is 124 Å². The van der Waals surface area contributed by atoms with Crippen molar-refractivity contribution in [1.82, 2.24) is 15.2 Å². The van der Waals surface area contributed by atoms with Crippen LogP contribution in [0.2, 0.25) is 5.02 Å². The Morgan fingerprint density at radius 3 is 2.95 bits per heavy atom. The van der Waals surface area contributed by atoms with Crippen LogP contribution in [0.4, 0.5) is 0 Å².